The Morgan fingerprint density at radius 1 is 1.05 bits per heavy atom. The highest BCUT2D eigenvalue weighted by Gasteiger charge is 2.38. The number of nitrogens with one attached hydrogen (secondary N) is 2. The largest absolute Gasteiger partial charge is 0.481 e. The van der Waals surface area contributed by atoms with Crippen LogP contribution in [0.3, 0.4) is 0 Å². The topological polar surface area (TPSA) is 108 Å². The van der Waals surface area contributed by atoms with Crippen LogP contribution in [0.5, 0.6) is 0 Å². The second-order valence-corrected chi connectivity index (χ2v) is 13.5. The van der Waals surface area contributed by atoms with Crippen LogP contribution in [0.25, 0.3) is 10.4 Å². The van der Waals surface area contributed by atoms with E-state index in [0.29, 0.717) is 30.7 Å². The Bertz CT molecular complexity index is 1290. The van der Waals surface area contributed by atoms with E-state index in [2.05, 4.69) is 10.6 Å². The first-order chi connectivity index (χ1) is 19.1. The van der Waals surface area contributed by atoms with Gasteiger partial charge in [0.05, 0.1) is 16.5 Å². The maximum Gasteiger partial charge on any atom is 0.408 e. The van der Waals surface area contributed by atoms with Crippen LogP contribution in [0, 0.1) is 11.8 Å². The lowest BCUT2D eigenvalue weighted by Gasteiger charge is -2.32. The molecule has 0 spiro atoms. The Kier molecular flexibility index (Phi) is 9.16. The number of nitrogens with zero attached hydrogens (tertiary/aromatic N) is 1. The van der Waals surface area contributed by atoms with Gasteiger partial charge >= 0.3 is 12.1 Å². The minimum Gasteiger partial charge on any atom is -0.481 e. The number of thiazole rings is 1. The van der Waals surface area contributed by atoms with Gasteiger partial charge in [-0.3, -0.25) is 14.4 Å². The summed E-state index contributed by atoms with van der Waals surface area (Å²) >= 11 is 1.20. The lowest BCUT2D eigenvalue weighted by atomic mass is 9.80. The number of aliphatic carboxylic acids is 1. The van der Waals surface area contributed by atoms with Crippen LogP contribution in [0.4, 0.5) is 13.2 Å². The molecule has 0 radical (unpaired) electrons. The Morgan fingerprint density at radius 2 is 1.71 bits per heavy atom. The van der Waals surface area contributed by atoms with E-state index in [-0.39, 0.29) is 22.5 Å². The van der Waals surface area contributed by atoms with Gasteiger partial charge in [0.1, 0.15) is 6.04 Å². The summed E-state index contributed by atoms with van der Waals surface area (Å²) in [7, 11) is 0. The SMILES string of the molecule is C[C@H](NC(=O)c1cc(-c2sc(C(=O)NC3CC(C(=O)O)C3)nc2CC2CCCCC2)cc(C(C)(C)C)c1)C(F)(F)F. The van der Waals surface area contributed by atoms with E-state index in [1.165, 1.54) is 17.8 Å². The summed E-state index contributed by atoms with van der Waals surface area (Å²) in [6, 6.07) is 2.88. The first kappa shape index (κ1) is 31.0. The maximum atomic E-state index is 13.2. The third-order valence-corrected chi connectivity index (χ3v) is 9.23. The molecule has 1 aromatic carbocycles. The molecule has 2 fully saturated rings. The van der Waals surface area contributed by atoms with Crippen LogP contribution >= 0.6 is 11.3 Å². The molecule has 224 valence electrons. The van der Waals surface area contributed by atoms with Crippen molar-refractivity contribution < 1.29 is 32.7 Å². The zero-order valence-corrected chi connectivity index (χ0v) is 24.7. The van der Waals surface area contributed by atoms with Gasteiger partial charge in [-0.05, 0) is 66.8 Å². The van der Waals surface area contributed by atoms with Gasteiger partial charge in [-0.25, -0.2) is 4.98 Å². The maximum absolute atomic E-state index is 13.2. The lowest BCUT2D eigenvalue weighted by Crippen LogP contribution is -2.46. The molecule has 0 bridgehead atoms. The number of aromatic nitrogens is 1. The molecule has 2 aliphatic rings. The Morgan fingerprint density at radius 3 is 2.29 bits per heavy atom. The number of hydrogen-bond acceptors (Lipinski definition) is 5. The molecule has 3 N–H and O–H groups in total. The van der Waals surface area contributed by atoms with Crippen molar-refractivity contribution in [2.45, 2.75) is 103 Å². The fourth-order valence-electron chi connectivity index (χ4n) is 5.35. The van der Waals surface area contributed by atoms with Crippen LogP contribution in [-0.2, 0) is 16.6 Å². The number of hydrogen-bond donors (Lipinski definition) is 3. The summed E-state index contributed by atoms with van der Waals surface area (Å²) in [5, 5.41) is 14.3. The summed E-state index contributed by atoms with van der Waals surface area (Å²) in [6.07, 6.45) is 2.40. The number of carboxylic acid groups (broad SMARTS) is 1. The minimum absolute atomic E-state index is 0.112. The molecule has 0 aliphatic heterocycles. The van der Waals surface area contributed by atoms with E-state index in [4.69, 9.17) is 10.1 Å². The first-order valence-electron chi connectivity index (χ1n) is 14.2. The van der Waals surface area contributed by atoms with Crippen molar-refractivity contribution in [3.63, 3.8) is 0 Å². The number of carbonyl (C=O) groups excluding carboxylic acids is 2. The summed E-state index contributed by atoms with van der Waals surface area (Å²) in [5.74, 6) is -2.12. The van der Waals surface area contributed by atoms with Crippen molar-refractivity contribution in [2.75, 3.05) is 0 Å². The number of carboxylic acids is 1. The van der Waals surface area contributed by atoms with E-state index >= 15 is 0 Å². The predicted molar refractivity (Wildman–Crippen MR) is 151 cm³/mol. The predicted octanol–water partition coefficient (Wildman–Crippen LogP) is 6.50. The first-order valence-corrected chi connectivity index (χ1v) is 15.0. The van der Waals surface area contributed by atoms with Crippen LogP contribution in [-0.4, -0.2) is 46.1 Å². The molecule has 1 atom stereocenters. The highest BCUT2D eigenvalue weighted by molar-refractivity contribution is 7.17. The molecule has 2 saturated carbocycles. The zero-order valence-electron chi connectivity index (χ0n) is 23.9. The van der Waals surface area contributed by atoms with Crippen molar-refractivity contribution in [3.8, 4) is 10.4 Å². The molecule has 41 heavy (non-hydrogen) atoms. The van der Waals surface area contributed by atoms with Crippen molar-refractivity contribution >= 4 is 29.1 Å². The molecule has 2 amide bonds. The number of carbonyl (C=O) groups is 3. The molecule has 4 rings (SSSR count). The number of halogens is 3. The summed E-state index contributed by atoms with van der Waals surface area (Å²) in [6.45, 7) is 6.79. The highest BCUT2D eigenvalue weighted by atomic mass is 32.1. The standard InChI is InChI=1S/C30H38F3N3O4S/c1-16(30(31,32)33)34-25(37)19-11-18(12-21(13-19)29(2,3)4)24-23(10-17-8-6-5-7-9-17)36-27(41-24)26(38)35-22-14-20(15-22)28(39)40/h11-13,16-17,20,22H,5-10,14-15H2,1-4H3,(H,34,37)(H,35,38)(H,39,40)/t16-,20?,22?/m0/s1. The number of amides is 2. The van der Waals surface area contributed by atoms with Crippen molar-refractivity contribution in [1.82, 2.24) is 15.6 Å². The highest BCUT2D eigenvalue weighted by Crippen LogP contribution is 2.38. The molecule has 7 nitrogen and oxygen atoms in total. The van der Waals surface area contributed by atoms with E-state index in [1.54, 1.807) is 12.1 Å². The Balaban J connectivity index is 1.70. The van der Waals surface area contributed by atoms with Crippen LogP contribution in [0.1, 0.15) is 104 Å². The smallest absolute Gasteiger partial charge is 0.408 e. The van der Waals surface area contributed by atoms with Gasteiger partial charge in [0, 0.05) is 11.6 Å². The summed E-state index contributed by atoms with van der Waals surface area (Å²) < 4.78 is 39.6. The van der Waals surface area contributed by atoms with Gasteiger partial charge in [-0.15, -0.1) is 11.3 Å². The number of rotatable bonds is 8. The fraction of sp³-hybridized carbons (Fsp3) is 0.600. The van der Waals surface area contributed by atoms with Gasteiger partial charge in [0.2, 0.25) is 0 Å². The van der Waals surface area contributed by atoms with Crippen LogP contribution in [0.15, 0.2) is 18.2 Å². The molecule has 0 saturated heterocycles. The van der Waals surface area contributed by atoms with E-state index in [1.807, 2.05) is 26.8 Å². The second-order valence-electron chi connectivity index (χ2n) is 12.5. The van der Waals surface area contributed by atoms with Gasteiger partial charge in [-0.2, -0.15) is 13.2 Å². The third-order valence-electron chi connectivity index (χ3n) is 8.08. The fourth-order valence-corrected chi connectivity index (χ4v) is 6.33. The van der Waals surface area contributed by atoms with Crippen molar-refractivity contribution in [2.24, 2.45) is 11.8 Å². The van der Waals surface area contributed by atoms with Crippen LogP contribution < -0.4 is 10.6 Å². The molecule has 1 heterocycles. The normalized spacial score (nSPS) is 20.7. The van der Waals surface area contributed by atoms with Gasteiger partial charge in [0.25, 0.3) is 11.8 Å². The lowest BCUT2D eigenvalue weighted by molar-refractivity contribution is -0.149. The Hall–Kier alpha value is -2.95. The third kappa shape index (κ3) is 7.67. The Labute approximate surface area is 242 Å². The van der Waals surface area contributed by atoms with Gasteiger partial charge < -0.3 is 15.7 Å². The van der Waals surface area contributed by atoms with E-state index in [0.717, 1.165) is 48.7 Å². The summed E-state index contributed by atoms with van der Waals surface area (Å²) in [5.41, 5.74) is 1.86. The molecule has 2 aromatic rings. The zero-order chi connectivity index (χ0) is 30.1. The van der Waals surface area contributed by atoms with Crippen molar-refractivity contribution in [3.05, 3.63) is 40.0 Å². The quantitative estimate of drug-likeness (QED) is 0.324. The van der Waals surface area contributed by atoms with Gasteiger partial charge in [0.15, 0.2) is 5.01 Å². The molecular formula is C30H38F3N3O4S. The molecule has 11 heteroatoms. The average molecular weight is 594 g/mol. The minimum atomic E-state index is -4.57. The molecule has 1 aromatic heterocycles. The number of benzene rings is 1. The average Bonchev–Trinajstić information content (AvgIpc) is 3.28. The van der Waals surface area contributed by atoms with E-state index < -0.39 is 35.4 Å². The summed E-state index contributed by atoms with van der Waals surface area (Å²) in [4.78, 5) is 42.7. The van der Waals surface area contributed by atoms with Crippen LogP contribution in [0.2, 0.25) is 0 Å². The second kappa shape index (κ2) is 12.1. The molecular weight excluding hydrogens is 555 g/mol. The number of alkyl halides is 3. The molecule has 2 aliphatic carbocycles. The monoisotopic (exact) mass is 593 g/mol. The van der Waals surface area contributed by atoms with E-state index in [9.17, 15) is 27.6 Å². The van der Waals surface area contributed by atoms with Crippen molar-refractivity contribution in [1.29, 1.82) is 0 Å². The van der Waals surface area contributed by atoms with Gasteiger partial charge in [-0.1, -0.05) is 52.9 Å². The molecule has 0 unspecified atom stereocenters.